The van der Waals surface area contributed by atoms with Crippen LogP contribution in [0.1, 0.15) is 28.8 Å². The van der Waals surface area contributed by atoms with Crippen LogP contribution in [-0.2, 0) is 9.59 Å². The van der Waals surface area contributed by atoms with Crippen LogP contribution in [0, 0.1) is 0 Å². The first-order valence-corrected chi connectivity index (χ1v) is 11.1. The molecule has 0 radical (unpaired) electrons. The smallest absolute Gasteiger partial charge is 0.328 e. The molecule has 0 fully saturated rings. The Morgan fingerprint density at radius 1 is 1.06 bits per heavy atom. The van der Waals surface area contributed by atoms with Crippen LogP contribution >= 0.6 is 11.8 Å². The number of benzene rings is 2. The SMILES string of the molecule is CC(CN1CC=CC1)c1c(C(N)=O)ccc2c1Nc1ccccc1S2.O=C(O)/C=C/C(=O)O. The maximum atomic E-state index is 12.1. The van der Waals surface area contributed by atoms with Gasteiger partial charge >= 0.3 is 11.9 Å². The summed E-state index contributed by atoms with van der Waals surface area (Å²) in [5, 5.41) is 19.2. The predicted molar refractivity (Wildman–Crippen MR) is 127 cm³/mol. The lowest BCUT2D eigenvalue weighted by Gasteiger charge is -2.29. The fourth-order valence-electron chi connectivity index (χ4n) is 3.74. The van der Waals surface area contributed by atoms with Gasteiger partial charge in [0.2, 0.25) is 5.91 Å². The number of fused-ring (bicyclic) bond motifs is 2. The minimum Gasteiger partial charge on any atom is -0.478 e. The molecule has 2 aromatic carbocycles. The zero-order valence-corrected chi connectivity index (χ0v) is 18.8. The van der Waals surface area contributed by atoms with E-state index in [9.17, 15) is 14.4 Å². The predicted octanol–water partition coefficient (Wildman–Crippen LogP) is 3.68. The highest BCUT2D eigenvalue weighted by atomic mass is 32.2. The van der Waals surface area contributed by atoms with Gasteiger partial charge in [0.05, 0.1) is 11.4 Å². The minimum atomic E-state index is -1.26. The van der Waals surface area contributed by atoms with E-state index in [0.717, 1.165) is 41.5 Å². The number of nitrogens with one attached hydrogen (secondary N) is 1. The van der Waals surface area contributed by atoms with Crippen LogP contribution < -0.4 is 11.1 Å². The molecule has 8 nitrogen and oxygen atoms in total. The monoisotopic (exact) mass is 467 g/mol. The summed E-state index contributed by atoms with van der Waals surface area (Å²) in [5.74, 6) is -2.68. The molecular weight excluding hydrogens is 442 g/mol. The van der Waals surface area contributed by atoms with Crippen LogP contribution in [0.15, 0.2) is 70.5 Å². The number of carboxylic acids is 2. The molecule has 2 heterocycles. The van der Waals surface area contributed by atoms with Gasteiger partial charge in [0.1, 0.15) is 0 Å². The average molecular weight is 468 g/mol. The zero-order chi connectivity index (χ0) is 24.0. The largest absolute Gasteiger partial charge is 0.478 e. The number of anilines is 2. The second-order valence-corrected chi connectivity index (χ2v) is 8.67. The van der Waals surface area contributed by atoms with Gasteiger partial charge in [-0.3, -0.25) is 9.69 Å². The van der Waals surface area contributed by atoms with Gasteiger partial charge in [-0.1, -0.05) is 43.0 Å². The maximum Gasteiger partial charge on any atom is 0.328 e. The van der Waals surface area contributed by atoms with Crippen molar-refractivity contribution < 1.29 is 24.6 Å². The Labute approximate surface area is 195 Å². The first-order valence-electron chi connectivity index (χ1n) is 10.3. The number of hydrogen-bond acceptors (Lipinski definition) is 6. The van der Waals surface area contributed by atoms with Crippen molar-refractivity contribution in [3.8, 4) is 0 Å². The lowest BCUT2D eigenvalue weighted by Crippen LogP contribution is -2.27. The third-order valence-corrected chi connectivity index (χ3v) is 6.26. The Hall–Kier alpha value is -3.56. The van der Waals surface area contributed by atoms with Crippen LogP contribution in [0.3, 0.4) is 0 Å². The van der Waals surface area contributed by atoms with E-state index >= 15 is 0 Å². The van der Waals surface area contributed by atoms with Gasteiger partial charge in [-0.2, -0.15) is 0 Å². The summed E-state index contributed by atoms with van der Waals surface area (Å²) in [5.41, 5.74) is 9.44. The van der Waals surface area contributed by atoms with E-state index in [1.54, 1.807) is 11.8 Å². The Morgan fingerprint density at radius 2 is 1.70 bits per heavy atom. The highest BCUT2D eigenvalue weighted by Gasteiger charge is 2.26. The molecule has 0 saturated carbocycles. The third-order valence-electron chi connectivity index (χ3n) is 5.13. The highest BCUT2D eigenvalue weighted by Crippen LogP contribution is 2.47. The number of carboxylic acid groups (broad SMARTS) is 2. The lowest BCUT2D eigenvalue weighted by molar-refractivity contribution is -0.134. The Bertz CT molecular complexity index is 1110. The Kier molecular flexibility index (Phi) is 7.92. The standard InChI is InChI=1S/C20H21N3OS.C4H4O4/c1-13(12-23-10-4-5-11-23)18-14(20(21)24)8-9-17-19(18)22-15-6-2-3-7-16(15)25-17;5-3(6)1-2-4(7)8/h2-9,13,22H,10-12H2,1H3,(H2,21,24);1-2H,(H,5,6)(H,7,8)/b;2-1+. The first-order chi connectivity index (χ1) is 15.8. The Balaban J connectivity index is 0.000000331. The van der Waals surface area contributed by atoms with Crippen LogP contribution in [0.25, 0.3) is 0 Å². The van der Waals surface area contributed by atoms with Gasteiger partial charge in [0.15, 0.2) is 0 Å². The van der Waals surface area contributed by atoms with E-state index in [0.29, 0.717) is 17.7 Å². The number of para-hydroxylation sites is 1. The third kappa shape index (κ3) is 6.24. The molecule has 0 saturated heterocycles. The fraction of sp³-hybridized carbons (Fsp3) is 0.208. The summed E-state index contributed by atoms with van der Waals surface area (Å²) in [7, 11) is 0. The number of primary amides is 1. The van der Waals surface area contributed by atoms with E-state index in [1.165, 1.54) is 4.90 Å². The van der Waals surface area contributed by atoms with Crippen molar-refractivity contribution in [3.05, 3.63) is 71.8 Å². The van der Waals surface area contributed by atoms with Gasteiger partial charge < -0.3 is 21.3 Å². The number of carbonyl (C=O) groups excluding carboxylic acids is 1. The van der Waals surface area contributed by atoms with Crippen molar-refractivity contribution in [3.63, 3.8) is 0 Å². The molecule has 0 aliphatic carbocycles. The van der Waals surface area contributed by atoms with Crippen LogP contribution in [0.5, 0.6) is 0 Å². The van der Waals surface area contributed by atoms with Gasteiger partial charge in [-0.05, 0) is 35.7 Å². The molecule has 2 aromatic rings. The number of amides is 1. The average Bonchev–Trinajstić information content (AvgIpc) is 3.28. The molecule has 0 spiro atoms. The second-order valence-electron chi connectivity index (χ2n) is 7.59. The summed E-state index contributed by atoms with van der Waals surface area (Å²) in [4.78, 5) is 35.9. The van der Waals surface area contributed by atoms with Crippen molar-refractivity contribution in [1.29, 1.82) is 0 Å². The molecular formula is C24H25N3O5S. The molecule has 2 aliphatic rings. The number of nitrogens with zero attached hydrogens (tertiary/aromatic N) is 1. The fourth-order valence-corrected chi connectivity index (χ4v) is 4.76. The molecule has 172 valence electrons. The molecule has 1 atom stereocenters. The number of nitrogens with two attached hydrogens (primary N) is 1. The maximum absolute atomic E-state index is 12.1. The van der Waals surface area contributed by atoms with Gasteiger partial charge in [-0.15, -0.1) is 0 Å². The summed E-state index contributed by atoms with van der Waals surface area (Å²) < 4.78 is 0. The normalized spacial score (nSPS) is 15.1. The molecule has 0 bridgehead atoms. The van der Waals surface area contributed by atoms with Crippen LogP contribution in [0.4, 0.5) is 11.4 Å². The second kappa shape index (κ2) is 10.8. The van der Waals surface area contributed by atoms with Crippen LogP contribution in [-0.4, -0.2) is 52.6 Å². The molecule has 1 unspecified atom stereocenters. The van der Waals surface area contributed by atoms with E-state index < -0.39 is 11.9 Å². The number of hydrogen-bond donors (Lipinski definition) is 4. The van der Waals surface area contributed by atoms with E-state index in [2.05, 4.69) is 41.4 Å². The van der Waals surface area contributed by atoms with Gasteiger partial charge in [0, 0.05) is 47.1 Å². The van der Waals surface area contributed by atoms with Crippen molar-refractivity contribution in [2.45, 2.75) is 22.6 Å². The first kappa shape index (κ1) is 24.1. The minimum absolute atomic E-state index is 0.204. The topological polar surface area (TPSA) is 133 Å². The van der Waals surface area contributed by atoms with Crippen molar-refractivity contribution in [1.82, 2.24) is 4.90 Å². The van der Waals surface area contributed by atoms with E-state index in [-0.39, 0.29) is 11.8 Å². The van der Waals surface area contributed by atoms with Crippen LogP contribution in [0.2, 0.25) is 0 Å². The molecule has 4 rings (SSSR count). The summed E-state index contributed by atoms with van der Waals surface area (Å²) in [6.45, 7) is 5.01. The van der Waals surface area contributed by atoms with Crippen molar-refractivity contribution in [2.75, 3.05) is 25.0 Å². The van der Waals surface area contributed by atoms with Gasteiger partial charge in [0.25, 0.3) is 0 Å². The Morgan fingerprint density at radius 3 is 2.30 bits per heavy atom. The zero-order valence-electron chi connectivity index (χ0n) is 18.0. The number of aliphatic carboxylic acids is 2. The molecule has 0 aromatic heterocycles. The van der Waals surface area contributed by atoms with E-state index in [4.69, 9.17) is 15.9 Å². The summed E-state index contributed by atoms with van der Waals surface area (Å²) in [6, 6.07) is 12.1. The van der Waals surface area contributed by atoms with Gasteiger partial charge in [-0.25, -0.2) is 9.59 Å². The molecule has 9 heteroatoms. The quantitative estimate of drug-likeness (QED) is 0.319. The number of rotatable bonds is 6. The van der Waals surface area contributed by atoms with Crippen molar-refractivity contribution in [2.24, 2.45) is 5.73 Å². The molecule has 1 amide bonds. The molecule has 33 heavy (non-hydrogen) atoms. The van der Waals surface area contributed by atoms with Crippen molar-refractivity contribution >= 4 is 41.0 Å². The molecule has 2 aliphatic heterocycles. The lowest BCUT2D eigenvalue weighted by atomic mass is 9.92. The van der Waals surface area contributed by atoms with E-state index in [1.807, 2.05) is 24.3 Å². The summed E-state index contributed by atoms with van der Waals surface area (Å²) >= 11 is 1.74. The molecule has 5 N–H and O–H groups in total. The highest BCUT2D eigenvalue weighted by molar-refractivity contribution is 7.99. The number of carbonyl (C=O) groups is 3. The summed E-state index contributed by atoms with van der Waals surface area (Å²) in [6.07, 6.45) is 5.49.